The molecule has 33 heavy (non-hydrogen) atoms. The number of hydrogen-bond donors (Lipinski definition) is 5. The Morgan fingerprint density at radius 3 is 2.67 bits per heavy atom. The van der Waals surface area contributed by atoms with Crippen molar-refractivity contribution in [3.8, 4) is 5.75 Å². The number of aromatic nitrogens is 1. The topological polar surface area (TPSA) is 130 Å². The van der Waals surface area contributed by atoms with Crippen LogP contribution in [0.2, 0.25) is 0 Å². The number of ether oxygens (including phenoxy) is 1. The lowest BCUT2D eigenvalue weighted by atomic mass is 10.2. The lowest BCUT2D eigenvalue weighted by molar-refractivity contribution is -0.137. The zero-order valence-electron chi connectivity index (χ0n) is 16.5. The minimum absolute atomic E-state index is 0.0647. The molecule has 1 atom stereocenters. The first-order valence-corrected chi connectivity index (χ1v) is 11.8. The van der Waals surface area contributed by atoms with Gasteiger partial charge in [-0.15, -0.1) is 24.0 Å². The van der Waals surface area contributed by atoms with Crippen LogP contribution in [0.1, 0.15) is 0 Å². The number of rotatable bonds is 10. The molecule has 0 aliphatic heterocycles. The minimum atomic E-state index is -5.67. The third-order valence-electron chi connectivity index (χ3n) is 4.15. The number of benzene rings is 2. The van der Waals surface area contributed by atoms with Crippen molar-refractivity contribution in [1.29, 1.82) is 0 Å². The monoisotopic (exact) mass is 522 g/mol. The Labute approximate surface area is 195 Å². The van der Waals surface area contributed by atoms with Crippen LogP contribution in [-0.2, 0) is 14.8 Å². The molecule has 0 spiro atoms. The SMILES string of the molecule is O=C(O)C(CNS(=O)(=O)C(F)(F)F)Nc1cccc(OCNc2ccc3nc(S)sc3c2)c1. The van der Waals surface area contributed by atoms with E-state index < -0.39 is 34.1 Å². The lowest BCUT2D eigenvalue weighted by Gasteiger charge is -2.18. The molecule has 3 aromatic rings. The second-order valence-corrected chi connectivity index (χ2v) is 10.0. The summed E-state index contributed by atoms with van der Waals surface area (Å²) in [6.45, 7) is -0.951. The van der Waals surface area contributed by atoms with E-state index >= 15 is 0 Å². The maximum absolute atomic E-state index is 12.4. The van der Waals surface area contributed by atoms with Crippen molar-refractivity contribution < 1.29 is 36.2 Å². The fourth-order valence-corrected chi connectivity index (χ4v) is 4.27. The van der Waals surface area contributed by atoms with Gasteiger partial charge in [0.15, 0.2) is 6.73 Å². The highest BCUT2D eigenvalue weighted by atomic mass is 32.2. The second kappa shape index (κ2) is 10.0. The van der Waals surface area contributed by atoms with Gasteiger partial charge in [0.2, 0.25) is 0 Å². The highest BCUT2D eigenvalue weighted by molar-refractivity contribution is 7.90. The predicted octanol–water partition coefficient (Wildman–Crippen LogP) is 3.34. The molecule has 2 aromatic carbocycles. The molecule has 9 nitrogen and oxygen atoms in total. The molecule has 1 heterocycles. The molecule has 0 radical (unpaired) electrons. The quantitative estimate of drug-likeness (QED) is 0.203. The van der Waals surface area contributed by atoms with E-state index in [9.17, 15) is 31.5 Å². The van der Waals surface area contributed by atoms with Crippen LogP contribution >= 0.6 is 24.0 Å². The molecule has 178 valence electrons. The molecule has 0 saturated carbocycles. The summed E-state index contributed by atoms with van der Waals surface area (Å²) in [6, 6.07) is 9.89. The summed E-state index contributed by atoms with van der Waals surface area (Å²) in [4.78, 5) is 15.6. The largest absolute Gasteiger partial charge is 0.511 e. The number of sulfonamides is 1. The summed E-state index contributed by atoms with van der Waals surface area (Å²) < 4.78 is 67.9. The number of carbonyl (C=O) groups is 1. The van der Waals surface area contributed by atoms with Crippen LogP contribution in [0.4, 0.5) is 24.5 Å². The molecular formula is C18H17F3N4O5S3. The van der Waals surface area contributed by atoms with Gasteiger partial charge < -0.3 is 20.5 Å². The van der Waals surface area contributed by atoms with Crippen LogP contribution in [0.3, 0.4) is 0 Å². The number of fused-ring (bicyclic) bond motifs is 1. The number of halogens is 3. The molecule has 0 fully saturated rings. The van der Waals surface area contributed by atoms with Gasteiger partial charge in [0.05, 0.1) is 10.2 Å². The number of anilines is 2. The van der Waals surface area contributed by atoms with Gasteiger partial charge in [0.25, 0.3) is 0 Å². The van der Waals surface area contributed by atoms with Crippen LogP contribution < -0.4 is 20.1 Å². The molecule has 0 aliphatic carbocycles. The zero-order chi connectivity index (χ0) is 24.2. The zero-order valence-corrected chi connectivity index (χ0v) is 19.0. The summed E-state index contributed by atoms with van der Waals surface area (Å²) in [5, 5.41) is 14.7. The van der Waals surface area contributed by atoms with Gasteiger partial charge in [-0.3, -0.25) is 0 Å². The van der Waals surface area contributed by atoms with Gasteiger partial charge in [0, 0.05) is 24.0 Å². The van der Waals surface area contributed by atoms with E-state index in [-0.39, 0.29) is 12.4 Å². The fraction of sp³-hybridized carbons (Fsp3) is 0.222. The van der Waals surface area contributed by atoms with Gasteiger partial charge in [0.1, 0.15) is 16.1 Å². The summed E-state index contributed by atoms with van der Waals surface area (Å²) in [6.07, 6.45) is 0. The van der Waals surface area contributed by atoms with E-state index in [1.165, 1.54) is 34.3 Å². The van der Waals surface area contributed by atoms with E-state index in [1.807, 2.05) is 18.2 Å². The van der Waals surface area contributed by atoms with Crippen molar-refractivity contribution >= 4 is 61.5 Å². The van der Waals surface area contributed by atoms with E-state index in [1.54, 1.807) is 6.07 Å². The molecule has 0 amide bonds. The Bertz CT molecular complexity index is 1250. The van der Waals surface area contributed by atoms with Gasteiger partial charge in [-0.25, -0.2) is 22.9 Å². The van der Waals surface area contributed by atoms with Crippen molar-refractivity contribution in [3.05, 3.63) is 42.5 Å². The number of thiazole rings is 1. The average Bonchev–Trinajstić information content (AvgIpc) is 3.09. The van der Waals surface area contributed by atoms with Crippen molar-refractivity contribution in [2.45, 2.75) is 15.9 Å². The lowest BCUT2D eigenvalue weighted by Crippen LogP contribution is -2.45. The van der Waals surface area contributed by atoms with E-state index in [0.29, 0.717) is 10.1 Å². The first-order chi connectivity index (χ1) is 15.4. The van der Waals surface area contributed by atoms with Crippen molar-refractivity contribution in [1.82, 2.24) is 9.71 Å². The van der Waals surface area contributed by atoms with Crippen LogP contribution in [0, 0.1) is 0 Å². The Kier molecular flexibility index (Phi) is 7.56. The van der Waals surface area contributed by atoms with Crippen molar-refractivity contribution in [2.75, 3.05) is 23.9 Å². The Balaban J connectivity index is 1.58. The summed E-state index contributed by atoms with van der Waals surface area (Å²) >= 11 is 5.64. The van der Waals surface area contributed by atoms with Crippen molar-refractivity contribution in [3.63, 3.8) is 0 Å². The number of nitrogens with one attached hydrogen (secondary N) is 3. The van der Waals surface area contributed by atoms with E-state index in [2.05, 4.69) is 28.2 Å². The van der Waals surface area contributed by atoms with Gasteiger partial charge in [-0.05, 0) is 30.3 Å². The molecular weight excluding hydrogens is 505 g/mol. The third-order valence-corrected chi connectivity index (χ3v) is 6.50. The molecule has 1 unspecified atom stereocenters. The molecule has 3 rings (SSSR count). The number of hydrogen-bond acceptors (Lipinski definition) is 9. The molecule has 0 aliphatic rings. The average molecular weight is 523 g/mol. The fourth-order valence-electron chi connectivity index (χ4n) is 2.58. The summed E-state index contributed by atoms with van der Waals surface area (Å²) in [7, 11) is -5.67. The van der Waals surface area contributed by atoms with Crippen LogP contribution in [0.15, 0.2) is 46.8 Å². The summed E-state index contributed by atoms with van der Waals surface area (Å²) in [5.74, 6) is -1.21. The Morgan fingerprint density at radius 1 is 1.21 bits per heavy atom. The van der Waals surface area contributed by atoms with Gasteiger partial charge in [-0.1, -0.05) is 6.07 Å². The van der Waals surface area contributed by atoms with Crippen LogP contribution in [-0.4, -0.2) is 49.3 Å². The number of carboxylic acids is 1. The van der Waals surface area contributed by atoms with Gasteiger partial charge in [-0.2, -0.15) is 13.2 Å². The van der Waals surface area contributed by atoms with E-state index in [4.69, 9.17) is 4.74 Å². The molecule has 4 N–H and O–H groups in total. The predicted molar refractivity (Wildman–Crippen MR) is 120 cm³/mol. The second-order valence-electron chi connectivity index (χ2n) is 6.51. The molecule has 0 bridgehead atoms. The van der Waals surface area contributed by atoms with Crippen LogP contribution in [0.5, 0.6) is 5.75 Å². The first-order valence-electron chi connectivity index (χ1n) is 9.06. The Morgan fingerprint density at radius 2 is 1.97 bits per heavy atom. The Hall–Kier alpha value is -2.75. The number of nitrogens with zero attached hydrogens (tertiary/aromatic N) is 1. The van der Waals surface area contributed by atoms with Crippen LogP contribution in [0.25, 0.3) is 10.2 Å². The molecule has 1 aromatic heterocycles. The third kappa shape index (κ3) is 6.63. The van der Waals surface area contributed by atoms with E-state index in [0.717, 1.165) is 15.9 Å². The number of aliphatic carboxylic acids is 1. The smallest absolute Gasteiger partial charge is 0.480 e. The highest BCUT2D eigenvalue weighted by Crippen LogP contribution is 2.27. The standard InChI is InChI=1S/C18H17F3N4O5S3/c19-18(20,21)33(28,29)23-8-14(16(26)27)24-11-2-1-3-12(6-11)30-9-22-10-4-5-13-15(7-10)32-17(31)25-13/h1-7,14,22-24H,8-9H2,(H,25,31)(H,26,27). The number of thiol groups is 1. The van der Waals surface area contributed by atoms with Crippen molar-refractivity contribution in [2.24, 2.45) is 0 Å². The summed E-state index contributed by atoms with van der Waals surface area (Å²) in [5.41, 5.74) is -3.74. The minimum Gasteiger partial charge on any atom is -0.480 e. The highest BCUT2D eigenvalue weighted by Gasteiger charge is 2.46. The number of alkyl halides is 3. The molecule has 0 saturated heterocycles. The first kappa shape index (κ1) is 24.9. The number of carboxylic acid groups (broad SMARTS) is 1. The maximum atomic E-state index is 12.4. The van der Waals surface area contributed by atoms with Gasteiger partial charge >= 0.3 is 21.5 Å². The normalized spacial score (nSPS) is 13.0. The molecule has 15 heteroatoms. The maximum Gasteiger partial charge on any atom is 0.511 e.